The van der Waals surface area contributed by atoms with Gasteiger partial charge in [-0.15, -0.1) is 13.2 Å². The maximum Gasteiger partial charge on any atom is 0.133 e. The lowest BCUT2D eigenvalue weighted by molar-refractivity contribution is 0.160. The quantitative estimate of drug-likeness (QED) is 0.158. The zero-order chi connectivity index (χ0) is 28.6. The van der Waals surface area contributed by atoms with E-state index in [0.717, 1.165) is 11.1 Å². The van der Waals surface area contributed by atoms with Crippen molar-refractivity contribution in [3.8, 4) is 51.0 Å². The van der Waals surface area contributed by atoms with Crippen LogP contribution in [0, 0.1) is 6.92 Å². The highest BCUT2D eigenvalue weighted by atomic mass is 16.5. The van der Waals surface area contributed by atoms with Crippen LogP contribution < -0.4 is 4.74 Å². The van der Waals surface area contributed by atoms with Gasteiger partial charge in [0.1, 0.15) is 34.9 Å². The van der Waals surface area contributed by atoms with Gasteiger partial charge in [-0.2, -0.15) is 0 Å². The maximum atomic E-state index is 10.9. The number of phenolic OH excluding ortho intramolecular Hbond substituents is 4. The Bertz CT molecular complexity index is 1620. The van der Waals surface area contributed by atoms with Crippen molar-refractivity contribution in [1.82, 2.24) is 0 Å². The highest BCUT2D eigenvalue weighted by Crippen LogP contribution is 2.54. The van der Waals surface area contributed by atoms with Crippen LogP contribution in [0.3, 0.4) is 0 Å². The number of rotatable bonds is 8. The molecule has 0 bridgehead atoms. The number of phenols is 4. The first-order valence-corrected chi connectivity index (χ1v) is 13.1. The predicted molar refractivity (Wildman–Crippen MR) is 156 cm³/mol. The molecular formula is C34H32O6. The Kier molecular flexibility index (Phi) is 7.28. The van der Waals surface area contributed by atoms with Crippen LogP contribution in [0.5, 0.6) is 28.7 Å². The molecule has 4 aromatic carbocycles. The van der Waals surface area contributed by atoms with Crippen LogP contribution in [0.25, 0.3) is 22.3 Å². The van der Waals surface area contributed by atoms with E-state index >= 15 is 0 Å². The Morgan fingerprint density at radius 1 is 0.725 bits per heavy atom. The average Bonchev–Trinajstić information content (AvgIpc) is 3.29. The van der Waals surface area contributed by atoms with E-state index in [0.29, 0.717) is 57.5 Å². The van der Waals surface area contributed by atoms with Gasteiger partial charge in [0.05, 0.1) is 12.5 Å². The van der Waals surface area contributed by atoms with E-state index in [1.165, 1.54) is 0 Å². The summed E-state index contributed by atoms with van der Waals surface area (Å²) in [7, 11) is 0. The van der Waals surface area contributed by atoms with Gasteiger partial charge >= 0.3 is 0 Å². The second kappa shape index (κ2) is 10.8. The zero-order valence-electron chi connectivity index (χ0n) is 22.3. The molecule has 6 heteroatoms. The highest BCUT2D eigenvalue weighted by Gasteiger charge is 2.39. The number of allylic oxidation sites excluding steroid dienone is 2. The van der Waals surface area contributed by atoms with Crippen LogP contribution in [-0.2, 0) is 12.8 Å². The Morgan fingerprint density at radius 2 is 1.32 bits per heavy atom. The lowest BCUT2D eigenvalue weighted by Gasteiger charge is -2.22. The van der Waals surface area contributed by atoms with E-state index in [1.54, 1.807) is 48.6 Å². The number of fused-ring (bicyclic) bond motifs is 1. The summed E-state index contributed by atoms with van der Waals surface area (Å²) in [4.78, 5) is 0. The molecule has 4 aromatic rings. The van der Waals surface area contributed by atoms with E-state index in [4.69, 9.17) is 4.74 Å². The lowest BCUT2D eigenvalue weighted by atomic mass is 9.85. The number of aliphatic hydroxyl groups excluding tert-OH is 1. The number of hydrogen-bond donors (Lipinski definition) is 5. The molecule has 0 saturated carbocycles. The number of hydrogen-bond acceptors (Lipinski definition) is 6. The lowest BCUT2D eigenvalue weighted by Crippen LogP contribution is -2.15. The van der Waals surface area contributed by atoms with Crippen molar-refractivity contribution < 1.29 is 30.3 Å². The van der Waals surface area contributed by atoms with Crippen LogP contribution in [-0.4, -0.2) is 32.1 Å². The van der Waals surface area contributed by atoms with E-state index in [1.807, 2.05) is 31.2 Å². The van der Waals surface area contributed by atoms with Crippen LogP contribution >= 0.6 is 0 Å². The van der Waals surface area contributed by atoms with Gasteiger partial charge in [-0.05, 0) is 84.5 Å². The molecule has 40 heavy (non-hydrogen) atoms. The Labute approximate surface area is 233 Å². The van der Waals surface area contributed by atoms with Crippen molar-refractivity contribution in [1.29, 1.82) is 0 Å². The standard InChI is InChI=1S/C34H32O6/c1-4-6-20-8-11-29(37)24(14-20)25-16-22(36)17-26-28(18-35)33(40-34(25)26)23-10-13-31(39)32(19(23)3)27-15-21(7-5-2)9-12-30(27)38/h4-5,8-17,28,33,35-39H,1-2,6-7,18H2,3H3/t28-,33-/m0/s1. The molecule has 0 radical (unpaired) electrons. The summed E-state index contributed by atoms with van der Waals surface area (Å²) in [6.45, 7) is 9.15. The van der Waals surface area contributed by atoms with Crippen LogP contribution in [0.4, 0.5) is 0 Å². The fourth-order valence-electron chi connectivity index (χ4n) is 5.62. The van der Waals surface area contributed by atoms with Crippen molar-refractivity contribution in [3.05, 3.63) is 114 Å². The minimum absolute atomic E-state index is 0.00523. The van der Waals surface area contributed by atoms with Gasteiger partial charge in [0, 0.05) is 27.8 Å². The summed E-state index contributed by atoms with van der Waals surface area (Å²) >= 11 is 0. The molecule has 0 amide bonds. The van der Waals surface area contributed by atoms with E-state index in [9.17, 15) is 25.5 Å². The summed E-state index contributed by atoms with van der Waals surface area (Å²) in [6.07, 6.45) is 4.10. The fourth-order valence-corrected chi connectivity index (χ4v) is 5.62. The fraction of sp³-hybridized carbons (Fsp3) is 0.176. The van der Waals surface area contributed by atoms with Crippen molar-refractivity contribution >= 4 is 0 Å². The number of benzene rings is 4. The SMILES string of the molecule is C=CCc1ccc(O)c(-c2cc(O)cc3c2O[C@@H](c2ccc(O)c(-c4cc(CC=C)ccc4O)c2C)[C@H]3CO)c1. The number of aromatic hydroxyl groups is 4. The second-order valence-electron chi connectivity index (χ2n) is 10.1. The molecule has 0 fully saturated rings. The molecule has 1 aliphatic heterocycles. The first-order valence-electron chi connectivity index (χ1n) is 13.1. The monoisotopic (exact) mass is 536 g/mol. The summed E-state index contributed by atoms with van der Waals surface area (Å²) in [5.41, 5.74) is 5.83. The third kappa shape index (κ3) is 4.67. The van der Waals surface area contributed by atoms with Crippen molar-refractivity contribution in [2.75, 3.05) is 6.61 Å². The molecule has 0 spiro atoms. The van der Waals surface area contributed by atoms with Crippen molar-refractivity contribution in [2.24, 2.45) is 0 Å². The van der Waals surface area contributed by atoms with Crippen LogP contribution in [0.1, 0.15) is 39.8 Å². The van der Waals surface area contributed by atoms with Gasteiger partial charge in [0.15, 0.2) is 0 Å². The minimum atomic E-state index is -0.656. The van der Waals surface area contributed by atoms with Gasteiger partial charge < -0.3 is 30.3 Å². The molecule has 204 valence electrons. The van der Waals surface area contributed by atoms with E-state index in [-0.39, 0.29) is 29.6 Å². The Hall–Kier alpha value is -4.68. The van der Waals surface area contributed by atoms with E-state index < -0.39 is 12.0 Å². The molecular weight excluding hydrogens is 504 g/mol. The molecule has 1 heterocycles. The molecule has 0 aliphatic carbocycles. The second-order valence-corrected chi connectivity index (χ2v) is 10.1. The zero-order valence-corrected chi connectivity index (χ0v) is 22.3. The Balaban J connectivity index is 1.65. The van der Waals surface area contributed by atoms with Gasteiger partial charge in [-0.3, -0.25) is 0 Å². The van der Waals surface area contributed by atoms with Gasteiger partial charge in [0.25, 0.3) is 0 Å². The third-order valence-electron chi connectivity index (χ3n) is 7.54. The normalized spacial score (nSPS) is 15.8. The third-order valence-corrected chi connectivity index (χ3v) is 7.54. The summed E-state index contributed by atoms with van der Waals surface area (Å²) in [5.74, 6) is -0.0254. The average molecular weight is 537 g/mol. The van der Waals surface area contributed by atoms with Crippen molar-refractivity contribution in [2.45, 2.75) is 31.8 Å². The molecule has 5 N–H and O–H groups in total. The number of aliphatic hydroxyl groups is 1. The Morgan fingerprint density at radius 3 is 1.95 bits per heavy atom. The molecule has 0 saturated heterocycles. The van der Waals surface area contributed by atoms with Gasteiger partial charge in [-0.1, -0.05) is 30.4 Å². The van der Waals surface area contributed by atoms with Crippen molar-refractivity contribution in [3.63, 3.8) is 0 Å². The van der Waals surface area contributed by atoms with Crippen LogP contribution in [0.15, 0.2) is 86.0 Å². The summed E-state index contributed by atoms with van der Waals surface area (Å²) in [5, 5.41) is 53.5. The van der Waals surface area contributed by atoms with Gasteiger partial charge in [-0.25, -0.2) is 0 Å². The maximum absolute atomic E-state index is 10.9. The molecule has 5 rings (SSSR count). The first kappa shape index (κ1) is 26.9. The molecule has 0 unspecified atom stereocenters. The van der Waals surface area contributed by atoms with Gasteiger partial charge in [0.2, 0.25) is 0 Å². The molecule has 1 aliphatic rings. The van der Waals surface area contributed by atoms with Crippen LogP contribution in [0.2, 0.25) is 0 Å². The minimum Gasteiger partial charge on any atom is -0.508 e. The highest BCUT2D eigenvalue weighted by molar-refractivity contribution is 5.82. The largest absolute Gasteiger partial charge is 0.508 e. The van der Waals surface area contributed by atoms with E-state index in [2.05, 4.69) is 13.2 Å². The molecule has 0 aromatic heterocycles. The predicted octanol–water partition coefficient (Wildman–Crippen LogP) is 6.82. The molecule has 2 atom stereocenters. The summed E-state index contributed by atoms with van der Waals surface area (Å²) in [6, 6.07) is 16.9. The summed E-state index contributed by atoms with van der Waals surface area (Å²) < 4.78 is 6.54. The number of ether oxygens (including phenoxy) is 1. The topological polar surface area (TPSA) is 110 Å². The first-order chi connectivity index (χ1) is 19.3. The smallest absolute Gasteiger partial charge is 0.133 e. The molecule has 6 nitrogen and oxygen atoms in total.